The molecule has 2 aromatic heterocycles. The molecule has 2 aliphatic rings. The van der Waals surface area contributed by atoms with Crippen LogP contribution < -0.4 is 0 Å². The van der Waals surface area contributed by atoms with Gasteiger partial charge in [0.1, 0.15) is 0 Å². The summed E-state index contributed by atoms with van der Waals surface area (Å²) in [6.45, 7) is 3.71. The third-order valence-corrected chi connectivity index (χ3v) is 7.06. The Balaban J connectivity index is 1.32. The summed E-state index contributed by atoms with van der Waals surface area (Å²) in [5.41, 5.74) is 3.32. The number of benzene rings is 1. The van der Waals surface area contributed by atoms with E-state index < -0.39 is 0 Å². The Bertz CT molecular complexity index is 1010. The van der Waals surface area contributed by atoms with Gasteiger partial charge in [-0.15, -0.1) is 0 Å². The molecule has 1 saturated heterocycles. The third kappa shape index (κ3) is 4.67. The van der Waals surface area contributed by atoms with E-state index in [2.05, 4.69) is 44.0 Å². The quantitative estimate of drug-likeness (QED) is 0.683. The predicted octanol–water partition coefficient (Wildman–Crippen LogP) is 4.05. The highest BCUT2D eigenvalue weighted by atomic mass is 16.2. The maximum atomic E-state index is 13.4. The molecule has 162 valence electrons. The number of hydrogen-bond acceptors (Lipinski definition) is 3. The lowest BCUT2D eigenvalue weighted by Crippen LogP contribution is -2.39. The average molecular weight is 417 g/mol. The van der Waals surface area contributed by atoms with Crippen LogP contribution in [-0.4, -0.2) is 57.9 Å². The van der Waals surface area contributed by atoms with Gasteiger partial charge in [-0.1, -0.05) is 37.1 Å². The van der Waals surface area contributed by atoms with E-state index in [0.29, 0.717) is 18.4 Å². The highest BCUT2D eigenvalue weighted by molar-refractivity contribution is 5.88. The molecule has 1 amide bonds. The summed E-state index contributed by atoms with van der Waals surface area (Å²) in [4.78, 5) is 26.0. The van der Waals surface area contributed by atoms with Crippen molar-refractivity contribution >= 4 is 16.8 Å². The van der Waals surface area contributed by atoms with E-state index in [9.17, 15) is 4.79 Å². The Hall–Kier alpha value is -2.66. The van der Waals surface area contributed by atoms with Crippen LogP contribution in [-0.2, 0) is 17.6 Å². The van der Waals surface area contributed by atoms with Gasteiger partial charge in [0.15, 0.2) is 0 Å². The van der Waals surface area contributed by atoms with Crippen molar-refractivity contribution in [2.24, 2.45) is 5.92 Å². The fourth-order valence-electron chi connectivity index (χ4n) is 5.46. The smallest absolute Gasteiger partial charge is 0.227 e. The highest BCUT2D eigenvalue weighted by Crippen LogP contribution is 2.27. The first-order valence-electron chi connectivity index (χ1n) is 11.7. The van der Waals surface area contributed by atoms with Crippen LogP contribution in [0, 0.1) is 5.92 Å². The minimum absolute atomic E-state index is 0.240. The van der Waals surface area contributed by atoms with E-state index in [1.807, 2.05) is 30.6 Å². The second-order valence-electron chi connectivity index (χ2n) is 9.20. The van der Waals surface area contributed by atoms with Crippen molar-refractivity contribution in [3.63, 3.8) is 0 Å². The predicted molar refractivity (Wildman–Crippen MR) is 124 cm³/mol. The molecule has 1 saturated carbocycles. The number of pyridine rings is 1. The molecule has 3 heterocycles. The number of nitrogens with zero attached hydrogens (tertiary/aromatic N) is 3. The standard InChI is InChI=1S/C26H32N4O/c31-26(16-21-17-28-25-11-4-3-10-24(21)25)30-14-13-29(23-8-1-2-9-23)18-20(19-30)15-22-7-5-6-12-27-22/h3-7,10-12,17,20,23,28H,1-2,8-9,13-16,18-19H2/t20-/m1/s1. The largest absolute Gasteiger partial charge is 0.361 e. The monoisotopic (exact) mass is 416 g/mol. The lowest BCUT2D eigenvalue weighted by atomic mass is 10.0. The number of rotatable bonds is 5. The van der Waals surface area contributed by atoms with Crippen molar-refractivity contribution in [2.75, 3.05) is 26.2 Å². The van der Waals surface area contributed by atoms with Gasteiger partial charge in [0.25, 0.3) is 0 Å². The minimum Gasteiger partial charge on any atom is -0.361 e. The van der Waals surface area contributed by atoms with Crippen LogP contribution in [0.4, 0.5) is 0 Å². The van der Waals surface area contributed by atoms with E-state index >= 15 is 0 Å². The summed E-state index contributed by atoms with van der Waals surface area (Å²) >= 11 is 0. The van der Waals surface area contributed by atoms with Crippen molar-refractivity contribution in [3.8, 4) is 0 Å². The van der Waals surface area contributed by atoms with Crippen molar-refractivity contribution < 1.29 is 4.79 Å². The van der Waals surface area contributed by atoms with E-state index in [1.54, 1.807) is 0 Å². The Labute approximate surface area is 184 Å². The molecule has 0 radical (unpaired) electrons. The van der Waals surface area contributed by atoms with Crippen LogP contribution in [0.25, 0.3) is 10.9 Å². The topological polar surface area (TPSA) is 52.2 Å². The molecule has 1 aromatic carbocycles. The van der Waals surface area contributed by atoms with Gasteiger partial charge in [0.2, 0.25) is 5.91 Å². The zero-order chi connectivity index (χ0) is 21.0. The van der Waals surface area contributed by atoms with E-state index in [0.717, 1.165) is 54.8 Å². The number of amides is 1. The van der Waals surface area contributed by atoms with E-state index in [4.69, 9.17) is 0 Å². The Morgan fingerprint density at radius 1 is 1.03 bits per heavy atom. The molecule has 0 bridgehead atoms. The maximum Gasteiger partial charge on any atom is 0.227 e. The summed E-state index contributed by atoms with van der Waals surface area (Å²) in [6.07, 6.45) is 10.6. The molecule has 3 aromatic rings. The summed E-state index contributed by atoms with van der Waals surface area (Å²) < 4.78 is 0. The highest BCUT2D eigenvalue weighted by Gasteiger charge is 2.31. The number of nitrogens with one attached hydrogen (secondary N) is 1. The molecule has 5 heteroatoms. The molecule has 1 atom stereocenters. The number of fused-ring (bicyclic) bond motifs is 1. The Kier molecular flexibility index (Phi) is 6.03. The van der Waals surface area contributed by atoms with E-state index in [1.165, 1.54) is 25.7 Å². The molecule has 0 unspecified atom stereocenters. The lowest BCUT2D eigenvalue weighted by molar-refractivity contribution is -0.130. The molecular weight excluding hydrogens is 384 g/mol. The van der Waals surface area contributed by atoms with Crippen LogP contribution in [0.5, 0.6) is 0 Å². The van der Waals surface area contributed by atoms with Crippen molar-refractivity contribution in [3.05, 3.63) is 66.1 Å². The van der Waals surface area contributed by atoms with Crippen molar-refractivity contribution in [2.45, 2.75) is 44.6 Å². The van der Waals surface area contributed by atoms with Gasteiger partial charge in [0, 0.05) is 61.2 Å². The molecule has 1 aliphatic heterocycles. The van der Waals surface area contributed by atoms with Crippen molar-refractivity contribution in [1.29, 1.82) is 0 Å². The van der Waals surface area contributed by atoms with Gasteiger partial charge in [0.05, 0.1) is 6.42 Å². The first-order chi connectivity index (χ1) is 15.3. The molecule has 1 aliphatic carbocycles. The molecule has 5 nitrogen and oxygen atoms in total. The number of aromatic nitrogens is 2. The van der Waals surface area contributed by atoms with Gasteiger partial charge >= 0.3 is 0 Å². The molecule has 0 spiro atoms. The number of carbonyl (C=O) groups excluding carboxylic acids is 1. The summed E-state index contributed by atoms with van der Waals surface area (Å²) in [6, 6.07) is 15.1. The zero-order valence-corrected chi connectivity index (χ0v) is 18.2. The fraction of sp³-hybridized carbons (Fsp3) is 0.462. The van der Waals surface area contributed by atoms with Crippen LogP contribution in [0.3, 0.4) is 0 Å². The third-order valence-electron chi connectivity index (χ3n) is 7.06. The first-order valence-corrected chi connectivity index (χ1v) is 11.7. The average Bonchev–Trinajstić information content (AvgIpc) is 3.42. The number of aromatic amines is 1. The molecule has 5 rings (SSSR count). The van der Waals surface area contributed by atoms with Gasteiger partial charge in [-0.05, 0) is 48.9 Å². The molecule has 2 fully saturated rings. The minimum atomic E-state index is 0.240. The molecule has 1 N–H and O–H groups in total. The number of H-pyrrole nitrogens is 1. The summed E-state index contributed by atoms with van der Waals surface area (Å²) in [7, 11) is 0. The number of carbonyl (C=O) groups is 1. The van der Waals surface area contributed by atoms with Crippen LogP contribution in [0.1, 0.15) is 36.9 Å². The summed E-state index contributed by atoms with van der Waals surface area (Å²) in [5, 5.41) is 1.16. The maximum absolute atomic E-state index is 13.4. The van der Waals surface area contributed by atoms with Crippen LogP contribution >= 0.6 is 0 Å². The molecule has 31 heavy (non-hydrogen) atoms. The van der Waals surface area contributed by atoms with Crippen LogP contribution in [0.2, 0.25) is 0 Å². The van der Waals surface area contributed by atoms with Crippen molar-refractivity contribution in [1.82, 2.24) is 19.8 Å². The van der Waals surface area contributed by atoms with Gasteiger partial charge < -0.3 is 9.88 Å². The lowest BCUT2D eigenvalue weighted by Gasteiger charge is -2.29. The zero-order valence-electron chi connectivity index (χ0n) is 18.2. The fourth-order valence-corrected chi connectivity index (χ4v) is 5.46. The van der Waals surface area contributed by atoms with E-state index in [-0.39, 0.29) is 5.91 Å². The first kappa shape index (κ1) is 20.3. The second-order valence-corrected chi connectivity index (χ2v) is 9.20. The number of hydrogen-bond donors (Lipinski definition) is 1. The normalized spacial score (nSPS) is 20.9. The summed E-state index contributed by atoms with van der Waals surface area (Å²) in [5.74, 6) is 0.661. The van der Waals surface area contributed by atoms with Gasteiger partial charge in [-0.25, -0.2) is 0 Å². The SMILES string of the molecule is O=C(Cc1c[nH]c2ccccc12)N1CCN(C2CCCC2)C[C@@H](Cc2ccccn2)C1. The second kappa shape index (κ2) is 9.23. The molecular formula is C26H32N4O. The Morgan fingerprint density at radius 3 is 2.71 bits per heavy atom. The number of para-hydroxylation sites is 1. The van der Waals surface area contributed by atoms with Gasteiger partial charge in [-0.3, -0.25) is 14.7 Å². The Morgan fingerprint density at radius 2 is 1.87 bits per heavy atom. The van der Waals surface area contributed by atoms with Crippen LogP contribution in [0.15, 0.2) is 54.9 Å². The van der Waals surface area contributed by atoms with Gasteiger partial charge in [-0.2, -0.15) is 0 Å².